The van der Waals surface area contributed by atoms with Crippen LogP contribution < -0.4 is 25.0 Å². The topological polar surface area (TPSA) is 89.1 Å². The van der Waals surface area contributed by atoms with Gasteiger partial charge in [-0.3, -0.25) is 9.59 Å². The number of morpholine rings is 1. The number of carbonyl (C=O) groups excluding carboxylic acids is 2. The standard InChI is InChI=1S/C26H27N3O5/c1-32-21-8-3-18(4-9-21)25(30)27-20-7-12-24(29-13-15-34-16-14-29)23(17-20)28-26(31)19-5-10-22(33-2)11-6-19/h3-12,17H,13-16H2,1-2H3,(H,27,30)(H,28,31). The Hall–Kier alpha value is -4.04. The van der Waals surface area contributed by atoms with Crippen molar-refractivity contribution in [1.29, 1.82) is 0 Å². The Kier molecular flexibility index (Phi) is 7.29. The zero-order valence-electron chi connectivity index (χ0n) is 19.2. The first-order chi connectivity index (χ1) is 16.6. The fourth-order valence-corrected chi connectivity index (χ4v) is 3.68. The number of methoxy groups -OCH3 is 2. The van der Waals surface area contributed by atoms with E-state index in [0.29, 0.717) is 60.3 Å². The van der Waals surface area contributed by atoms with Crippen LogP contribution >= 0.6 is 0 Å². The lowest BCUT2D eigenvalue weighted by Gasteiger charge is -2.31. The van der Waals surface area contributed by atoms with E-state index >= 15 is 0 Å². The first-order valence-corrected chi connectivity index (χ1v) is 10.9. The number of ether oxygens (including phenoxy) is 3. The Morgan fingerprint density at radius 3 is 1.82 bits per heavy atom. The molecule has 8 heteroatoms. The van der Waals surface area contributed by atoms with Crippen molar-refractivity contribution in [3.63, 3.8) is 0 Å². The lowest BCUT2D eigenvalue weighted by molar-refractivity contribution is 0.101. The third-order valence-corrected chi connectivity index (χ3v) is 5.56. The smallest absolute Gasteiger partial charge is 0.255 e. The average molecular weight is 462 g/mol. The second kappa shape index (κ2) is 10.7. The minimum absolute atomic E-state index is 0.254. The number of hydrogen-bond acceptors (Lipinski definition) is 6. The van der Waals surface area contributed by atoms with Crippen molar-refractivity contribution >= 4 is 28.9 Å². The van der Waals surface area contributed by atoms with Gasteiger partial charge in [-0.15, -0.1) is 0 Å². The number of carbonyl (C=O) groups is 2. The fraction of sp³-hybridized carbons (Fsp3) is 0.231. The van der Waals surface area contributed by atoms with Crippen LogP contribution in [0.4, 0.5) is 17.1 Å². The van der Waals surface area contributed by atoms with Gasteiger partial charge in [0.05, 0.1) is 38.8 Å². The predicted octanol–water partition coefficient (Wildman–Crippen LogP) is 4.05. The highest BCUT2D eigenvalue weighted by molar-refractivity contribution is 6.08. The zero-order chi connectivity index (χ0) is 23.9. The third kappa shape index (κ3) is 5.47. The second-order valence-corrected chi connectivity index (χ2v) is 7.70. The number of anilines is 3. The maximum absolute atomic E-state index is 13.0. The molecule has 0 aromatic heterocycles. The van der Waals surface area contributed by atoms with Crippen LogP contribution in [-0.4, -0.2) is 52.3 Å². The van der Waals surface area contributed by atoms with Crippen LogP contribution in [0, 0.1) is 0 Å². The Morgan fingerprint density at radius 1 is 0.765 bits per heavy atom. The normalized spacial score (nSPS) is 13.2. The SMILES string of the molecule is COc1ccc(C(=O)Nc2ccc(N3CCOCC3)c(NC(=O)c3ccc(OC)cc3)c2)cc1. The quantitative estimate of drug-likeness (QED) is 0.552. The molecule has 0 aliphatic carbocycles. The van der Waals surface area contributed by atoms with Crippen molar-refractivity contribution < 1.29 is 23.8 Å². The van der Waals surface area contributed by atoms with Crippen molar-refractivity contribution in [1.82, 2.24) is 0 Å². The summed E-state index contributed by atoms with van der Waals surface area (Å²) in [4.78, 5) is 27.9. The Bertz CT molecular complexity index is 1140. The molecule has 1 saturated heterocycles. The van der Waals surface area contributed by atoms with E-state index in [4.69, 9.17) is 14.2 Å². The number of benzene rings is 3. The molecule has 0 unspecified atom stereocenters. The average Bonchev–Trinajstić information content (AvgIpc) is 2.89. The summed E-state index contributed by atoms with van der Waals surface area (Å²) in [5, 5.41) is 5.90. The van der Waals surface area contributed by atoms with Gasteiger partial charge in [-0.05, 0) is 66.7 Å². The summed E-state index contributed by atoms with van der Waals surface area (Å²) >= 11 is 0. The Morgan fingerprint density at radius 2 is 1.29 bits per heavy atom. The van der Waals surface area contributed by atoms with Crippen molar-refractivity contribution in [2.24, 2.45) is 0 Å². The van der Waals surface area contributed by atoms with E-state index in [2.05, 4.69) is 15.5 Å². The molecule has 2 amide bonds. The maximum atomic E-state index is 13.0. The van der Waals surface area contributed by atoms with Gasteiger partial charge in [0.1, 0.15) is 11.5 Å². The second-order valence-electron chi connectivity index (χ2n) is 7.70. The van der Waals surface area contributed by atoms with Gasteiger partial charge in [0.2, 0.25) is 0 Å². The number of amides is 2. The minimum atomic E-state index is -0.255. The third-order valence-electron chi connectivity index (χ3n) is 5.56. The molecule has 1 aliphatic rings. The molecule has 2 N–H and O–H groups in total. The molecule has 3 aromatic rings. The van der Waals surface area contributed by atoms with E-state index in [1.807, 2.05) is 12.1 Å². The van der Waals surface area contributed by atoms with Crippen LogP contribution in [0.1, 0.15) is 20.7 Å². The summed E-state index contributed by atoms with van der Waals surface area (Å²) in [6, 6.07) is 19.3. The first-order valence-electron chi connectivity index (χ1n) is 10.9. The molecule has 8 nitrogen and oxygen atoms in total. The van der Waals surface area contributed by atoms with E-state index in [9.17, 15) is 9.59 Å². The molecule has 176 valence electrons. The van der Waals surface area contributed by atoms with E-state index in [-0.39, 0.29) is 11.8 Å². The van der Waals surface area contributed by atoms with E-state index in [0.717, 1.165) is 5.69 Å². The summed E-state index contributed by atoms with van der Waals surface area (Å²) < 4.78 is 15.8. The molecule has 0 atom stereocenters. The van der Waals surface area contributed by atoms with E-state index in [1.54, 1.807) is 68.8 Å². The number of hydrogen-bond donors (Lipinski definition) is 2. The molecule has 1 heterocycles. The van der Waals surface area contributed by atoms with Gasteiger partial charge in [-0.25, -0.2) is 0 Å². The van der Waals surface area contributed by atoms with Gasteiger partial charge in [0.15, 0.2) is 0 Å². The van der Waals surface area contributed by atoms with Crippen LogP contribution in [0.15, 0.2) is 66.7 Å². The molecule has 4 rings (SSSR count). The molecule has 3 aromatic carbocycles. The Balaban J connectivity index is 1.57. The van der Waals surface area contributed by atoms with Crippen molar-refractivity contribution in [3.8, 4) is 11.5 Å². The minimum Gasteiger partial charge on any atom is -0.497 e. The predicted molar refractivity (Wildman–Crippen MR) is 131 cm³/mol. The Labute approximate surface area is 198 Å². The fourth-order valence-electron chi connectivity index (χ4n) is 3.68. The lowest BCUT2D eigenvalue weighted by atomic mass is 10.1. The summed E-state index contributed by atoms with van der Waals surface area (Å²) in [6.45, 7) is 2.65. The van der Waals surface area contributed by atoms with Gasteiger partial charge >= 0.3 is 0 Å². The molecule has 1 fully saturated rings. The van der Waals surface area contributed by atoms with Gasteiger partial charge < -0.3 is 29.7 Å². The van der Waals surface area contributed by atoms with Gasteiger partial charge in [-0.1, -0.05) is 0 Å². The van der Waals surface area contributed by atoms with Crippen LogP contribution in [0.3, 0.4) is 0 Å². The van der Waals surface area contributed by atoms with Crippen molar-refractivity contribution in [2.45, 2.75) is 0 Å². The summed E-state index contributed by atoms with van der Waals surface area (Å²) in [5.74, 6) is 0.841. The highest BCUT2D eigenvalue weighted by Crippen LogP contribution is 2.31. The molecule has 0 bridgehead atoms. The van der Waals surface area contributed by atoms with Gasteiger partial charge in [-0.2, -0.15) is 0 Å². The largest absolute Gasteiger partial charge is 0.497 e. The molecule has 34 heavy (non-hydrogen) atoms. The number of nitrogens with zero attached hydrogens (tertiary/aromatic N) is 1. The van der Waals surface area contributed by atoms with Crippen LogP contribution in [0.25, 0.3) is 0 Å². The summed E-state index contributed by atoms with van der Waals surface area (Å²) in [7, 11) is 3.16. The maximum Gasteiger partial charge on any atom is 0.255 e. The van der Waals surface area contributed by atoms with Gasteiger partial charge in [0.25, 0.3) is 11.8 Å². The highest BCUT2D eigenvalue weighted by Gasteiger charge is 2.18. The first kappa shape index (κ1) is 23.1. The molecule has 0 saturated carbocycles. The zero-order valence-corrected chi connectivity index (χ0v) is 19.2. The van der Waals surface area contributed by atoms with Crippen molar-refractivity contribution in [3.05, 3.63) is 77.9 Å². The lowest BCUT2D eigenvalue weighted by Crippen LogP contribution is -2.36. The summed E-state index contributed by atoms with van der Waals surface area (Å²) in [5.41, 5.74) is 3.05. The molecular formula is C26H27N3O5. The van der Waals surface area contributed by atoms with Gasteiger partial charge in [0, 0.05) is 29.9 Å². The molecule has 1 aliphatic heterocycles. The molecule has 0 spiro atoms. The molecule has 0 radical (unpaired) electrons. The summed E-state index contributed by atoms with van der Waals surface area (Å²) in [6.07, 6.45) is 0. The number of nitrogens with one attached hydrogen (secondary N) is 2. The van der Waals surface area contributed by atoms with E-state index < -0.39 is 0 Å². The van der Waals surface area contributed by atoms with Crippen LogP contribution in [-0.2, 0) is 4.74 Å². The van der Waals surface area contributed by atoms with Crippen LogP contribution in [0.2, 0.25) is 0 Å². The highest BCUT2D eigenvalue weighted by atomic mass is 16.5. The van der Waals surface area contributed by atoms with Crippen LogP contribution in [0.5, 0.6) is 11.5 Å². The number of rotatable bonds is 7. The monoisotopic (exact) mass is 461 g/mol. The van der Waals surface area contributed by atoms with Crippen molar-refractivity contribution in [2.75, 3.05) is 56.1 Å². The molecular weight excluding hydrogens is 434 g/mol. The van der Waals surface area contributed by atoms with E-state index in [1.165, 1.54) is 0 Å².